The molecule has 3 heteroatoms. The molecule has 0 unspecified atom stereocenters. The molecule has 0 aliphatic carbocycles. The van der Waals surface area contributed by atoms with Crippen LogP contribution in [0.1, 0.15) is 26.2 Å². The van der Waals surface area contributed by atoms with Crippen molar-refractivity contribution in [1.82, 2.24) is 10.2 Å². The predicted octanol–water partition coefficient (Wildman–Crippen LogP) is 1.41. The maximum Gasteiger partial charge on any atom is 0.226 e. The number of hydrogen-bond acceptors (Lipinski definition) is 2. The Morgan fingerprint density at radius 3 is 2.73 bits per heavy atom. The Kier molecular flexibility index (Phi) is 5.40. The normalized spacial score (nSPS) is 17.4. The van der Waals surface area contributed by atoms with E-state index in [0.717, 1.165) is 26.2 Å². The number of piperidine rings is 1. The summed E-state index contributed by atoms with van der Waals surface area (Å²) in [6.45, 7) is 9.58. The number of amides is 1. The van der Waals surface area contributed by atoms with Gasteiger partial charge in [-0.05, 0) is 38.8 Å². The van der Waals surface area contributed by atoms with Gasteiger partial charge in [0.05, 0.1) is 0 Å². The van der Waals surface area contributed by atoms with Crippen molar-refractivity contribution in [2.24, 2.45) is 5.92 Å². The first-order chi connectivity index (χ1) is 7.27. The van der Waals surface area contributed by atoms with Gasteiger partial charge in [0.15, 0.2) is 0 Å². The van der Waals surface area contributed by atoms with Crippen molar-refractivity contribution in [2.45, 2.75) is 26.2 Å². The van der Waals surface area contributed by atoms with Crippen molar-refractivity contribution >= 4 is 5.91 Å². The summed E-state index contributed by atoms with van der Waals surface area (Å²) in [6.07, 6.45) is 4.54. The zero-order chi connectivity index (χ0) is 11.1. The van der Waals surface area contributed by atoms with Crippen LogP contribution in [0.3, 0.4) is 0 Å². The lowest BCUT2D eigenvalue weighted by Crippen LogP contribution is -2.39. The van der Waals surface area contributed by atoms with E-state index in [9.17, 15) is 4.79 Å². The predicted molar refractivity (Wildman–Crippen MR) is 62.7 cm³/mol. The molecule has 0 aromatic carbocycles. The van der Waals surface area contributed by atoms with E-state index in [1.807, 2.05) is 11.8 Å². The molecule has 0 saturated carbocycles. The molecule has 3 nitrogen and oxygen atoms in total. The molecule has 1 N–H and O–H groups in total. The molecule has 0 aromatic rings. The van der Waals surface area contributed by atoms with Crippen molar-refractivity contribution in [3.05, 3.63) is 12.7 Å². The van der Waals surface area contributed by atoms with Crippen LogP contribution in [0, 0.1) is 5.92 Å². The Labute approximate surface area is 92.5 Å². The summed E-state index contributed by atoms with van der Waals surface area (Å²) < 4.78 is 0. The van der Waals surface area contributed by atoms with Crippen molar-refractivity contribution < 1.29 is 4.79 Å². The molecule has 0 spiro atoms. The molecule has 0 atom stereocenters. The largest absolute Gasteiger partial charge is 0.342 e. The molecule has 0 aromatic heterocycles. The van der Waals surface area contributed by atoms with Gasteiger partial charge in [-0.15, -0.1) is 6.58 Å². The van der Waals surface area contributed by atoms with Crippen LogP contribution in [-0.4, -0.2) is 37.0 Å². The molecular weight excluding hydrogens is 188 g/mol. The second-order valence-electron chi connectivity index (χ2n) is 4.12. The fourth-order valence-corrected chi connectivity index (χ4v) is 2.04. The van der Waals surface area contributed by atoms with Crippen molar-refractivity contribution in [3.63, 3.8) is 0 Å². The Hall–Kier alpha value is -0.830. The first kappa shape index (κ1) is 12.2. The summed E-state index contributed by atoms with van der Waals surface area (Å²) in [5.74, 6) is 0.894. The lowest BCUT2D eigenvalue weighted by atomic mass is 9.97. The second kappa shape index (κ2) is 6.62. The number of nitrogens with one attached hydrogen (secondary N) is 1. The Morgan fingerprint density at radius 2 is 2.20 bits per heavy atom. The van der Waals surface area contributed by atoms with Gasteiger partial charge >= 0.3 is 0 Å². The molecule has 1 aliphatic rings. The molecule has 1 fully saturated rings. The van der Waals surface area contributed by atoms with Gasteiger partial charge in [0.1, 0.15) is 0 Å². The van der Waals surface area contributed by atoms with E-state index in [0.29, 0.717) is 12.3 Å². The topological polar surface area (TPSA) is 32.3 Å². The number of carbonyl (C=O) groups excluding carboxylic acids is 1. The first-order valence-electron chi connectivity index (χ1n) is 5.87. The Bertz CT molecular complexity index is 210. The second-order valence-corrected chi connectivity index (χ2v) is 4.12. The molecule has 1 saturated heterocycles. The SMILES string of the molecule is C=CCC(=O)N(CC)CC1CCNCC1. The third kappa shape index (κ3) is 4.04. The maximum atomic E-state index is 11.7. The summed E-state index contributed by atoms with van der Waals surface area (Å²) in [5, 5.41) is 3.34. The summed E-state index contributed by atoms with van der Waals surface area (Å²) >= 11 is 0. The molecule has 1 aliphatic heterocycles. The van der Waals surface area contributed by atoms with Gasteiger partial charge in [0.2, 0.25) is 5.91 Å². The minimum atomic E-state index is 0.214. The molecule has 86 valence electrons. The lowest BCUT2D eigenvalue weighted by Gasteiger charge is -2.29. The monoisotopic (exact) mass is 210 g/mol. The first-order valence-corrected chi connectivity index (χ1v) is 5.87. The molecule has 1 amide bonds. The Balaban J connectivity index is 2.37. The van der Waals surface area contributed by atoms with E-state index in [1.165, 1.54) is 12.8 Å². The zero-order valence-electron chi connectivity index (χ0n) is 9.67. The molecule has 1 rings (SSSR count). The highest BCUT2D eigenvalue weighted by atomic mass is 16.2. The molecule has 1 heterocycles. The fourth-order valence-electron chi connectivity index (χ4n) is 2.04. The van der Waals surface area contributed by atoms with E-state index >= 15 is 0 Å². The lowest BCUT2D eigenvalue weighted by molar-refractivity contribution is -0.130. The maximum absolute atomic E-state index is 11.7. The summed E-state index contributed by atoms with van der Waals surface area (Å²) in [7, 11) is 0. The fraction of sp³-hybridized carbons (Fsp3) is 0.750. The van der Waals surface area contributed by atoms with Crippen LogP contribution in [0.4, 0.5) is 0 Å². The standard InChI is InChI=1S/C12H22N2O/c1-3-5-12(15)14(4-2)10-11-6-8-13-9-7-11/h3,11,13H,1,4-10H2,2H3. The average Bonchev–Trinajstić information content (AvgIpc) is 2.27. The van der Waals surface area contributed by atoms with Gasteiger partial charge in [-0.25, -0.2) is 0 Å². The van der Waals surface area contributed by atoms with Crippen LogP contribution in [0.15, 0.2) is 12.7 Å². The molecule has 0 radical (unpaired) electrons. The quantitative estimate of drug-likeness (QED) is 0.696. The summed E-state index contributed by atoms with van der Waals surface area (Å²) in [6, 6.07) is 0. The third-order valence-corrected chi connectivity index (χ3v) is 2.99. The third-order valence-electron chi connectivity index (χ3n) is 2.99. The van der Waals surface area contributed by atoms with E-state index in [-0.39, 0.29) is 5.91 Å². The number of nitrogens with zero attached hydrogens (tertiary/aromatic N) is 1. The van der Waals surface area contributed by atoms with Crippen LogP contribution in [0.25, 0.3) is 0 Å². The van der Waals surface area contributed by atoms with Crippen molar-refractivity contribution in [3.8, 4) is 0 Å². The summed E-state index contributed by atoms with van der Waals surface area (Å²) in [4.78, 5) is 13.6. The number of rotatable bonds is 5. The van der Waals surface area contributed by atoms with E-state index < -0.39 is 0 Å². The smallest absolute Gasteiger partial charge is 0.226 e. The minimum absolute atomic E-state index is 0.214. The van der Waals surface area contributed by atoms with Gasteiger partial charge in [-0.1, -0.05) is 6.08 Å². The van der Waals surface area contributed by atoms with Crippen molar-refractivity contribution in [2.75, 3.05) is 26.2 Å². The van der Waals surface area contributed by atoms with Gasteiger partial charge in [0, 0.05) is 19.5 Å². The van der Waals surface area contributed by atoms with E-state index in [1.54, 1.807) is 6.08 Å². The highest BCUT2D eigenvalue weighted by Crippen LogP contribution is 2.13. The van der Waals surface area contributed by atoms with Gasteiger partial charge < -0.3 is 10.2 Å². The van der Waals surface area contributed by atoms with Crippen LogP contribution < -0.4 is 5.32 Å². The average molecular weight is 210 g/mol. The Morgan fingerprint density at radius 1 is 1.53 bits per heavy atom. The van der Waals surface area contributed by atoms with Gasteiger partial charge in [-0.3, -0.25) is 4.79 Å². The van der Waals surface area contributed by atoms with Crippen LogP contribution in [-0.2, 0) is 4.79 Å². The number of carbonyl (C=O) groups is 1. The van der Waals surface area contributed by atoms with Crippen LogP contribution in [0.5, 0.6) is 0 Å². The van der Waals surface area contributed by atoms with Gasteiger partial charge in [-0.2, -0.15) is 0 Å². The van der Waals surface area contributed by atoms with Crippen LogP contribution >= 0.6 is 0 Å². The highest BCUT2D eigenvalue weighted by molar-refractivity contribution is 5.77. The van der Waals surface area contributed by atoms with E-state index in [4.69, 9.17) is 0 Å². The highest BCUT2D eigenvalue weighted by Gasteiger charge is 2.18. The van der Waals surface area contributed by atoms with E-state index in [2.05, 4.69) is 11.9 Å². The van der Waals surface area contributed by atoms with Gasteiger partial charge in [0.25, 0.3) is 0 Å². The molecule has 15 heavy (non-hydrogen) atoms. The molecular formula is C12H22N2O. The zero-order valence-corrected chi connectivity index (χ0v) is 9.67. The van der Waals surface area contributed by atoms with Crippen LogP contribution in [0.2, 0.25) is 0 Å². The molecule has 0 bridgehead atoms. The van der Waals surface area contributed by atoms with Crippen molar-refractivity contribution in [1.29, 1.82) is 0 Å². The number of hydrogen-bond donors (Lipinski definition) is 1. The summed E-state index contributed by atoms with van der Waals surface area (Å²) in [5.41, 5.74) is 0. The minimum Gasteiger partial charge on any atom is -0.342 e.